The average Bonchev–Trinajstić information content (AvgIpc) is 3.41. The molecule has 1 heterocycles. The van der Waals surface area contributed by atoms with Crippen molar-refractivity contribution in [3.8, 4) is 0 Å². The van der Waals surface area contributed by atoms with Gasteiger partial charge in [0.15, 0.2) is 5.79 Å². The first-order valence-corrected chi connectivity index (χ1v) is 8.59. The summed E-state index contributed by atoms with van der Waals surface area (Å²) >= 11 is 0. The van der Waals surface area contributed by atoms with Gasteiger partial charge in [0, 0.05) is 17.5 Å². The molecule has 2 atom stereocenters. The van der Waals surface area contributed by atoms with E-state index in [9.17, 15) is 10.2 Å². The Kier molecular flexibility index (Phi) is 4.87. The highest BCUT2D eigenvalue weighted by Crippen LogP contribution is 2.52. The summed E-state index contributed by atoms with van der Waals surface area (Å²) in [6, 6.07) is 14.5. The van der Waals surface area contributed by atoms with Crippen LogP contribution in [0.15, 0.2) is 72.8 Å². The molecule has 0 radical (unpaired) electrons. The van der Waals surface area contributed by atoms with Crippen LogP contribution in [0.25, 0.3) is 0 Å². The number of hydrogen-bond donors (Lipinski definition) is 4. The van der Waals surface area contributed by atoms with Crippen molar-refractivity contribution in [3.05, 3.63) is 84.0 Å². The van der Waals surface area contributed by atoms with Crippen molar-refractivity contribution in [2.75, 3.05) is 11.5 Å². The fourth-order valence-electron chi connectivity index (χ4n) is 3.00. The summed E-state index contributed by atoms with van der Waals surface area (Å²) < 4.78 is 5.68. The van der Waals surface area contributed by atoms with Crippen molar-refractivity contribution in [1.82, 2.24) is 0 Å². The van der Waals surface area contributed by atoms with Crippen LogP contribution in [0.3, 0.4) is 0 Å². The first-order valence-electron chi connectivity index (χ1n) is 8.59. The molecule has 0 bridgehead atoms. The number of nitrogen functional groups attached to an aromatic ring is 2. The number of para-hydroxylation sites is 1. The van der Waals surface area contributed by atoms with Crippen LogP contribution in [-0.4, -0.2) is 16.3 Å². The monoisotopic (exact) mass is 352 g/mol. The molecule has 2 unspecified atom stereocenters. The molecule has 1 aliphatic carbocycles. The summed E-state index contributed by atoms with van der Waals surface area (Å²) in [5.41, 5.74) is 14.1. The van der Waals surface area contributed by atoms with Crippen molar-refractivity contribution < 1.29 is 14.9 Å². The Hall–Kier alpha value is -2.60. The van der Waals surface area contributed by atoms with E-state index in [1.807, 2.05) is 42.5 Å². The maximum atomic E-state index is 9.35. The first-order chi connectivity index (χ1) is 12.4. The van der Waals surface area contributed by atoms with Crippen molar-refractivity contribution in [1.29, 1.82) is 0 Å². The lowest BCUT2D eigenvalue weighted by Gasteiger charge is -2.19. The average molecular weight is 352 g/mol. The topological polar surface area (TPSA) is 105 Å². The number of ether oxygens (including phenoxy) is 1. The van der Waals surface area contributed by atoms with Crippen molar-refractivity contribution in [2.24, 2.45) is 0 Å². The predicted octanol–water partition coefficient (Wildman–Crippen LogP) is 2.81. The highest BCUT2D eigenvalue weighted by atomic mass is 16.6. The number of nitrogens with two attached hydrogens (primary N) is 2. The zero-order valence-electron chi connectivity index (χ0n) is 14.7. The fourth-order valence-corrected chi connectivity index (χ4v) is 3.00. The number of aliphatic hydroxyl groups is 2. The Labute approximate surface area is 153 Å². The Morgan fingerprint density at radius 1 is 1.04 bits per heavy atom. The minimum atomic E-state index is -1.67. The predicted molar refractivity (Wildman–Crippen MR) is 103 cm³/mol. The van der Waals surface area contributed by atoms with Crippen molar-refractivity contribution in [3.63, 3.8) is 0 Å². The van der Waals surface area contributed by atoms with Gasteiger partial charge < -0.3 is 26.4 Å². The maximum Gasteiger partial charge on any atom is 0.189 e. The van der Waals surface area contributed by atoms with Gasteiger partial charge in [-0.15, -0.1) is 0 Å². The third-order valence-corrected chi connectivity index (χ3v) is 4.72. The summed E-state index contributed by atoms with van der Waals surface area (Å²) in [4.78, 5) is 0. The van der Waals surface area contributed by atoms with E-state index >= 15 is 0 Å². The summed E-state index contributed by atoms with van der Waals surface area (Å²) in [7, 11) is 0. The molecule has 4 rings (SSSR count). The molecule has 1 aliphatic heterocycles. The molecule has 0 aromatic heterocycles. The van der Waals surface area contributed by atoms with E-state index < -0.39 is 5.79 Å². The van der Waals surface area contributed by atoms with Crippen LogP contribution in [0.1, 0.15) is 24.5 Å². The maximum absolute atomic E-state index is 9.35. The molecule has 0 spiro atoms. The van der Waals surface area contributed by atoms with E-state index in [0.717, 1.165) is 5.56 Å². The Bertz CT molecular complexity index is 830. The van der Waals surface area contributed by atoms with Crippen LogP contribution in [0.5, 0.6) is 0 Å². The van der Waals surface area contributed by atoms with Crippen LogP contribution in [0, 0.1) is 0 Å². The fraction of sp³-hybridized carbons (Fsp3) is 0.238. The Balaban J connectivity index is 0.000000160. The molecule has 2 aromatic rings. The second kappa shape index (κ2) is 6.96. The second-order valence-electron chi connectivity index (χ2n) is 6.42. The van der Waals surface area contributed by atoms with E-state index in [-0.39, 0.29) is 11.7 Å². The summed E-state index contributed by atoms with van der Waals surface area (Å²) in [5.74, 6) is -1.67. The van der Waals surface area contributed by atoms with Crippen LogP contribution in [0.2, 0.25) is 0 Å². The van der Waals surface area contributed by atoms with Gasteiger partial charge in [-0.05, 0) is 12.1 Å². The normalized spacial score (nSPS) is 23.0. The van der Waals surface area contributed by atoms with Crippen LogP contribution >= 0.6 is 0 Å². The number of fused-ring (bicyclic) bond motifs is 1. The molecule has 0 amide bonds. The Morgan fingerprint density at radius 2 is 1.77 bits per heavy atom. The molecule has 26 heavy (non-hydrogen) atoms. The van der Waals surface area contributed by atoms with Crippen molar-refractivity contribution >= 4 is 11.4 Å². The number of anilines is 2. The third-order valence-electron chi connectivity index (χ3n) is 4.72. The molecule has 1 saturated heterocycles. The molecule has 136 valence electrons. The summed E-state index contributed by atoms with van der Waals surface area (Å²) in [6.07, 6.45) is 8.44. The van der Waals surface area contributed by atoms with E-state index in [1.54, 1.807) is 37.3 Å². The number of benzene rings is 2. The van der Waals surface area contributed by atoms with Gasteiger partial charge in [0.2, 0.25) is 0 Å². The number of rotatable bonds is 3. The zero-order valence-corrected chi connectivity index (χ0v) is 14.7. The molecule has 1 fully saturated rings. The molecule has 2 aromatic carbocycles. The van der Waals surface area contributed by atoms with Gasteiger partial charge in [-0.2, -0.15) is 0 Å². The molecule has 5 heteroatoms. The van der Waals surface area contributed by atoms with Gasteiger partial charge in [0.1, 0.15) is 11.7 Å². The van der Waals surface area contributed by atoms with Crippen LogP contribution in [0.4, 0.5) is 11.4 Å². The van der Waals surface area contributed by atoms with E-state index in [2.05, 4.69) is 0 Å². The SMILES string of the molecule is CCC(O)(O)c1ccccc1.Nc1cccc(C23C=CC=CC2O3)c1N. The second-order valence-corrected chi connectivity index (χ2v) is 6.42. The first kappa shape index (κ1) is 18.2. The quantitative estimate of drug-likeness (QED) is 0.386. The molecule has 0 saturated carbocycles. The number of hydrogen-bond acceptors (Lipinski definition) is 5. The molecule has 5 nitrogen and oxygen atoms in total. The van der Waals surface area contributed by atoms with E-state index in [4.69, 9.17) is 16.2 Å². The minimum absolute atomic E-state index is 0.117. The lowest BCUT2D eigenvalue weighted by molar-refractivity contribution is -0.171. The highest BCUT2D eigenvalue weighted by Gasteiger charge is 2.56. The lowest BCUT2D eigenvalue weighted by atomic mass is 9.90. The standard InChI is InChI=1S/C12H12N2O.C9H12O2/c13-9-5-3-4-8(11(9)14)12-7-2-1-6-10(12)15-12;1-2-9(10,11)8-6-4-3-5-7-8/h1-7,10H,13-14H2;3-7,10-11H,2H2,1H3. The summed E-state index contributed by atoms with van der Waals surface area (Å²) in [5, 5.41) is 18.7. The van der Waals surface area contributed by atoms with Crippen molar-refractivity contribution in [2.45, 2.75) is 30.8 Å². The molecular weight excluding hydrogens is 328 g/mol. The van der Waals surface area contributed by atoms with Gasteiger partial charge in [-0.3, -0.25) is 0 Å². The zero-order chi connectivity index (χ0) is 18.8. The van der Waals surface area contributed by atoms with E-state index in [1.165, 1.54) is 0 Å². The minimum Gasteiger partial charge on any atom is -0.397 e. The molecule has 2 aliphatic rings. The highest BCUT2D eigenvalue weighted by molar-refractivity contribution is 5.70. The molecular formula is C21H24N2O3. The van der Waals surface area contributed by atoms with Gasteiger partial charge in [-0.25, -0.2) is 0 Å². The van der Waals surface area contributed by atoms with Gasteiger partial charge >= 0.3 is 0 Å². The van der Waals surface area contributed by atoms with Gasteiger partial charge in [0.05, 0.1) is 11.4 Å². The number of allylic oxidation sites excluding steroid dienone is 2. The van der Waals surface area contributed by atoms with Gasteiger partial charge in [-0.1, -0.05) is 67.6 Å². The Morgan fingerprint density at radius 3 is 2.42 bits per heavy atom. The van der Waals surface area contributed by atoms with Crippen LogP contribution < -0.4 is 11.5 Å². The smallest absolute Gasteiger partial charge is 0.189 e. The summed E-state index contributed by atoms with van der Waals surface area (Å²) in [6.45, 7) is 1.73. The lowest BCUT2D eigenvalue weighted by Crippen LogP contribution is -2.23. The number of epoxide rings is 1. The van der Waals surface area contributed by atoms with E-state index in [0.29, 0.717) is 23.4 Å². The molecule has 6 N–H and O–H groups in total. The van der Waals surface area contributed by atoms with Gasteiger partial charge in [0.25, 0.3) is 0 Å². The third kappa shape index (κ3) is 3.37. The largest absolute Gasteiger partial charge is 0.397 e. The van der Waals surface area contributed by atoms with Crippen LogP contribution in [-0.2, 0) is 16.1 Å².